The number of aliphatic hydroxyl groups excluding tert-OH is 8. The van der Waals surface area contributed by atoms with Gasteiger partial charge in [-0.25, -0.2) is 9.80 Å². The van der Waals surface area contributed by atoms with E-state index < -0.39 is 73.9 Å². The Morgan fingerprint density at radius 1 is 0.583 bits per heavy atom. The summed E-state index contributed by atoms with van der Waals surface area (Å²) < 4.78 is 10.9. The van der Waals surface area contributed by atoms with Crippen molar-refractivity contribution in [3.63, 3.8) is 0 Å². The van der Waals surface area contributed by atoms with E-state index in [1.54, 1.807) is 0 Å². The molecule has 2 rings (SSSR count). The highest BCUT2D eigenvalue weighted by Gasteiger charge is 2.58. The summed E-state index contributed by atoms with van der Waals surface area (Å²) in [6.45, 7) is 2.35. The van der Waals surface area contributed by atoms with Gasteiger partial charge in [0, 0.05) is 26.2 Å². The fourth-order valence-electron chi connectivity index (χ4n) is 4.60. The van der Waals surface area contributed by atoms with Crippen LogP contribution in [0, 0.1) is 0 Å². The lowest BCUT2D eigenvalue weighted by atomic mass is 9.95. The molecule has 0 bridgehead atoms. The van der Waals surface area contributed by atoms with Crippen LogP contribution in [0.15, 0.2) is 0 Å². The van der Waals surface area contributed by atoms with Crippen molar-refractivity contribution in [1.29, 1.82) is 0 Å². The molecule has 36 heavy (non-hydrogen) atoms. The van der Waals surface area contributed by atoms with Gasteiger partial charge in [-0.1, -0.05) is 26.7 Å². The molecule has 2 saturated heterocycles. The topological polar surface area (TPSA) is 227 Å². The second kappa shape index (κ2) is 13.5. The number of hydrogen-bond donors (Lipinski definition) is 10. The van der Waals surface area contributed by atoms with E-state index in [0.717, 1.165) is 0 Å². The molecule has 0 aromatic heterocycles. The first-order valence-corrected chi connectivity index (χ1v) is 12.5. The molecule has 214 valence electrons. The lowest BCUT2D eigenvalue weighted by molar-refractivity contribution is -0.412. The number of ether oxygens (including phenoxy) is 2. The van der Waals surface area contributed by atoms with Gasteiger partial charge < -0.3 is 60.5 Å². The summed E-state index contributed by atoms with van der Waals surface area (Å²) in [6, 6.07) is 0. The molecule has 0 aliphatic carbocycles. The molecule has 2 unspecified atom stereocenters. The highest BCUT2D eigenvalue weighted by Crippen LogP contribution is 2.34. The first kappa shape index (κ1) is 31.7. The van der Waals surface area contributed by atoms with E-state index in [1.807, 2.05) is 13.8 Å². The monoisotopic (exact) mass is 528 g/mol. The maximum Gasteiger partial charge on any atom is 0.258 e. The molecule has 2 heterocycles. The largest absolute Gasteiger partial charge is 0.394 e. The minimum Gasteiger partial charge on any atom is -0.394 e. The van der Waals surface area contributed by atoms with Crippen LogP contribution in [0.1, 0.15) is 39.5 Å². The zero-order valence-corrected chi connectivity index (χ0v) is 20.9. The second-order valence-corrected chi connectivity index (χ2v) is 9.53. The van der Waals surface area contributed by atoms with Crippen molar-refractivity contribution >= 4 is 0 Å². The van der Waals surface area contributed by atoms with Crippen molar-refractivity contribution in [1.82, 2.24) is 9.80 Å². The van der Waals surface area contributed by atoms with Crippen molar-refractivity contribution in [3.05, 3.63) is 0 Å². The van der Waals surface area contributed by atoms with Crippen LogP contribution in [0.3, 0.4) is 0 Å². The van der Waals surface area contributed by atoms with E-state index in [2.05, 4.69) is 0 Å². The fourth-order valence-corrected chi connectivity index (χ4v) is 4.60. The predicted octanol–water partition coefficient (Wildman–Crippen LogP) is -4.57. The molecule has 2 aliphatic heterocycles. The Bertz CT molecular complexity index is 607. The maximum absolute atomic E-state index is 11.3. The quantitative estimate of drug-likeness (QED) is 0.102. The molecule has 0 amide bonds. The van der Waals surface area contributed by atoms with E-state index in [0.29, 0.717) is 25.7 Å². The molecule has 0 spiro atoms. The van der Waals surface area contributed by atoms with Crippen molar-refractivity contribution < 1.29 is 60.5 Å². The van der Waals surface area contributed by atoms with Gasteiger partial charge in [-0.15, -0.1) is 0 Å². The second-order valence-electron chi connectivity index (χ2n) is 9.53. The molecular weight excluding hydrogens is 484 g/mol. The fraction of sp³-hybridized carbons (Fsp3) is 1.00. The van der Waals surface area contributed by atoms with Crippen molar-refractivity contribution in [2.45, 2.75) is 100 Å². The molecule has 10 atom stereocenters. The third-order valence-electron chi connectivity index (χ3n) is 7.00. The van der Waals surface area contributed by atoms with Crippen LogP contribution in [-0.2, 0) is 9.47 Å². The highest BCUT2D eigenvalue weighted by molar-refractivity contribution is 4.98. The maximum atomic E-state index is 11.3. The van der Waals surface area contributed by atoms with Crippen LogP contribution in [0.2, 0.25) is 0 Å². The zero-order valence-electron chi connectivity index (χ0n) is 20.9. The Morgan fingerprint density at radius 2 is 0.917 bits per heavy atom. The van der Waals surface area contributed by atoms with E-state index in [9.17, 15) is 51.1 Å². The average molecular weight is 529 g/mol. The predicted molar refractivity (Wildman–Crippen MR) is 123 cm³/mol. The number of hydrogen-bond acceptors (Lipinski definition) is 14. The van der Waals surface area contributed by atoms with E-state index >= 15 is 0 Å². The summed E-state index contributed by atoms with van der Waals surface area (Å²) >= 11 is 0. The molecule has 0 aromatic carbocycles. The van der Waals surface area contributed by atoms with Crippen molar-refractivity contribution in [2.24, 2.45) is 0 Å². The SMILES string of the molecule is CCCCN(CCN(CCCC)C1(O)O[C@H](CO)[C@@H](O)[C@H](O)[C@H]1O)C1(O)O[C@H](CO)[C@@H](O)[C@H](O)[C@H]1O. The summed E-state index contributed by atoms with van der Waals surface area (Å²) in [5.74, 6) is -5.01. The lowest BCUT2D eigenvalue weighted by Gasteiger charge is -2.52. The van der Waals surface area contributed by atoms with E-state index in [4.69, 9.17) is 9.47 Å². The van der Waals surface area contributed by atoms with Crippen LogP contribution < -0.4 is 0 Å². The van der Waals surface area contributed by atoms with Gasteiger partial charge >= 0.3 is 0 Å². The Morgan fingerprint density at radius 3 is 1.19 bits per heavy atom. The van der Waals surface area contributed by atoms with Gasteiger partial charge in [0.15, 0.2) is 12.2 Å². The molecule has 2 aliphatic rings. The van der Waals surface area contributed by atoms with Crippen molar-refractivity contribution in [3.8, 4) is 0 Å². The molecule has 0 saturated carbocycles. The Balaban J connectivity index is 2.33. The summed E-state index contributed by atoms with van der Waals surface area (Å²) in [7, 11) is 0. The zero-order chi connectivity index (χ0) is 27.3. The number of rotatable bonds is 13. The van der Waals surface area contributed by atoms with Crippen LogP contribution >= 0.6 is 0 Å². The van der Waals surface area contributed by atoms with Gasteiger partial charge in [-0.3, -0.25) is 0 Å². The average Bonchev–Trinajstić information content (AvgIpc) is 2.87. The van der Waals surface area contributed by atoms with Gasteiger partial charge in [0.25, 0.3) is 11.8 Å². The summed E-state index contributed by atoms with van der Waals surface area (Å²) in [4.78, 5) is 2.57. The molecule has 14 nitrogen and oxygen atoms in total. The van der Waals surface area contributed by atoms with Crippen molar-refractivity contribution in [2.75, 3.05) is 39.4 Å². The summed E-state index contributed by atoms with van der Waals surface area (Å²) in [6.07, 6.45) is -11.2. The van der Waals surface area contributed by atoms with E-state index in [-0.39, 0.29) is 26.2 Å². The van der Waals surface area contributed by atoms with Gasteiger partial charge in [0.2, 0.25) is 0 Å². The van der Waals surface area contributed by atoms with E-state index in [1.165, 1.54) is 9.80 Å². The smallest absolute Gasteiger partial charge is 0.258 e. The third-order valence-corrected chi connectivity index (χ3v) is 7.00. The van der Waals surface area contributed by atoms with Crippen LogP contribution in [0.4, 0.5) is 0 Å². The highest BCUT2D eigenvalue weighted by atomic mass is 16.7. The molecular formula is C22H44N2O12. The Kier molecular flexibility index (Phi) is 11.9. The summed E-state index contributed by atoms with van der Waals surface area (Å²) in [5.41, 5.74) is 0. The molecule has 0 radical (unpaired) electrons. The number of nitrogens with zero attached hydrogens (tertiary/aromatic N) is 2. The molecule has 2 fully saturated rings. The normalized spacial score (nSPS) is 41.8. The minimum absolute atomic E-state index is 0.126. The standard InChI is InChI=1S/C22H44N2O12/c1-3-5-7-23(21(33)19(31)17(29)15(27)13(11-25)35-21)9-10-24(8-6-4-2)22(34)20(32)18(30)16(28)14(12-26)36-22/h13-20,25-34H,3-12H2,1-2H3/t13-,14-,15-,16-,17+,18+,19-,20-,21?,22?/m1/s1. The van der Waals surface area contributed by atoms with Crippen LogP contribution in [0.25, 0.3) is 0 Å². The molecule has 0 aromatic rings. The van der Waals surface area contributed by atoms with Gasteiger partial charge in [0.1, 0.15) is 36.6 Å². The number of aliphatic hydroxyl groups is 10. The third kappa shape index (κ3) is 6.35. The molecule has 10 N–H and O–H groups in total. The van der Waals surface area contributed by atoms with Crippen LogP contribution in [-0.4, -0.2) is 161 Å². The minimum atomic E-state index is -2.50. The Hall–Kier alpha value is -0.560. The van der Waals surface area contributed by atoms with Gasteiger partial charge in [-0.2, -0.15) is 0 Å². The Labute approximate surface area is 210 Å². The first-order valence-electron chi connectivity index (χ1n) is 12.5. The number of unbranched alkanes of at least 4 members (excludes halogenated alkanes) is 2. The lowest BCUT2D eigenvalue weighted by Crippen LogP contribution is -2.73. The molecule has 14 heteroatoms. The van der Waals surface area contributed by atoms with Gasteiger partial charge in [0.05, 0.1) is 13.2 Å². The van der Waals surface area contributed by atoms with Crippen LogP contribution in [0.5, 0.6) is 0 Å². The van der Waals surface area contributed by atoms with Gasteiger partial charge in [-0.05, 0) is 12.8 Å². The first-order chi connectivity index (χ1) is 16.9. The summed E-state index contributed by atoms with van der Waals surface area (Å²) in [5, 5.41) is 104.